The van der Waals surface area contributed by atoms with Gasteiger partial charge in [0.15, 0.2) is 6.10 Å². The van der Waals surface area contributed by atoms with E-state index < -0.39 is 18.1 Å². The van der Waals surface area contributed by atoms with Crippen molar-refractivity contribution in [1.29, 1.82) is 0 Å². The minimum Gasteiger partial charge on any atom is -0.491 e. The van der Waals surface area contributed by atoms with Crippen LogP contribution in [0.2, 0.25) is 0 Å². The Hall–Kier alpha value is -3.84. The number of hydroxylamine groups is 1. The average molecular weight is 472 g/mol. The molecule has 0 radical (unpaired) electrons. The average Bonchev–Trinajstić information content (AvgIpc) is 3.39. The Bertz CT molecular complexity index is 1210. The monoisotopic (exact) mass is 471 g/mol. The number of rotatable bonds is 7. The molecule has 0 spiro atoms. The van der Waals surface area contributed by atoms with Gasteiger partial charge in [0.05, 0.1) is 24.0 Å². The van der Waals surface area contributed by atoms with Crippen LogP contribution in [-0.4, -0.2) is 38.6 Å². The van der Waals surface area contributed by atoms with Crippen molar-refractivity contribution in [3.8, 4) is 5.75 Å². The molecule has 3 aromatic rings. The number of nitrogens with zero attached hydrogens (tertiary/aromatic N) is 3. The fraction of sp³-hybridized carbons (Fsp3) is 0.286. The van der Waals surface area contributed by atoms with E-state index in [2.05, 4.69) is 0 Å². The van der Waals surface area contributed by atoms with Crippen LogP contribution in [0.5, 0.6) is 5.75 Å². The molecule has 2 aliphatic heterocycles. The summed E-state index contributed by atoms with van der Waals surface area (Å²) in [5.41, 5.74) is 3.21. The third-order valence-electron chi connectivity index (χ3n) is 6.44. The lowest BCUT2D eigenvalue weighted by molar-refractivity contribution is -0.126. The van der Waals surface area contributed by atoms with Crippen molar-refractivity contribution in [2.24, 2.45) is 5.92 Å². The first kappa shape index (κ1) is 22.9. The van der Waals surface area contributed by atoms with E-state index in [1.807, 2.05) is 86.6 Å². The Morgan fingerprint density at radius 3 is 2.26 bits per heavy atom. The maximum absolute atomic E-state index is 13.9. The zero-order chi connectivity index (χ0) is 24.5. The standard InChI is InChI=1S/C28H29N3O4/c1-4-18-34-23-13-9-8-12-22(23)30-27(32)24-25(19-14-16-20(17-15-19)29(2)3)31(35-26(24)28(30)33)21-10-6-5-7-11-21/h5-17,24-26H,4,18H2,1-3H3/t24-,25-,26+/m1/s1. The molecule has 2 saturated heterocycles. The second-order valence-electron chi connectivity index (χ2n) is 8.97. The first-order valence-corrected chi connectivity index (χ1v) is 11.9. The van der Waals surface area contributed by atoms with Crippen LogP contribution < -0.4 is 19.6 Å². The topological polar surface area (TPSA) is 62.3 Å². The Morgan fingerprint density at radius 2 is 1.57 bits per heavy atom. The van der Waals surface area contributed by atoms with E-state index in [9.17, 15) is 9.59 Å². The van der Waals surface area contributed by atoms with Gasteiger partial charge in [-0.15, -0.1) is 0 Å². The van der Waals surface area contributed by atoms with Gasteiger partial charge >= 0.3 is 0 Å². The van der Waals surface area contributed by atoms with Crippen LogP contribution in [0.15, 0.2) is 78.9 Å². The van der Waals surface area contributed by atoms with Crippen LogP contribution in [0.25, 0.3) is 0 Å². The predicted molar refractivity (Wildman–Crippen MR) is 136 cm³/mol. The number of fused-ring (bicyclic) bond motifs is 1. The van der Waals surface area contributed by atoms with Gasteiger partial charge < -0.3 is 9.64 Å². The number of carbonyl (C=O) groups is 2. The van der Waals surface area contributed by atoms with E-state index in [0.29, 0.717) is 18.0 Å². The smallest absolute Gasteiger partial charge is 0.266 e. The van der Waals surface area contributed by atoms with Crippen LogP contribution in [-0.2, 0) is 14.4 Å². The summed E-state index contributed by atoms with van der Waals surface area (Å²) in [5.74, 6) is -0.830. The minimum atomic E-state index is -0.916. The third-order valence-corrected chi connectivity index (χ3v) is 6.44. The Balaban J connectivity index is 1.55. The maximum atomic E-state index is 13.9. The number of para-hydroxylation sites is 3. The predicted octanol–water partition coefficient (Wildman–Crippen LogP) is 4.59. The van der Waals surface area contributed by atoms with Gasteiger partial charge in [-0.05, 0) is 48.4 Å². The molecule has 0 bridgehead atoms. The zero-order valence-corrected chi connectivity index (χ0v) is 20.1. The summed E-state index contributed by atoms with van der Waals surface area (Å²) >= 11 is 0. The molecular weight excluding hydrogens is 442 g/mol. The Morgan fingerprint density at radius 1 is 0.886 bits per heavy atom. The summed E-state index contributed by atoms with van der Waals surface area (Å²) < 4.78 is 5.85. The highest BCUT2D eigenvalue weighted by Gasteiger charge is 2.60. The van der Waals surface area contributed by atoms with Gasteiger partial charge in [0, 0.05) is 19.8 Å². The van der Waals surface area contributed by atoms with Crippen LogP contribution >= 0.6 is 0 Å². The van der Waals surface area contributed by atoms with Crippen molar-refractivity contribution in [3.63, 3.8) is 0 Å². The van der Waals surface area contributed by atoms with Crippen LogP contribution in [0.4, 0.5) is 17.1 Å². The van der Waals surface area contributed by atoms with Gasteiger partial charge in [0.1, 0.15) is 11.7 Å². The van der Waals surface area contributed by atoms with E-state index in [1.54, 1.807) is 23.3 Å². The fourth-order valence-corrected chi connectivity index (χ4v) is 4.74. The Labute approximate surface area is 205 Å². The number of carbonyl (C=O) groups excluding carboxylic acids is 2. The summed E-state index contributed by atoms with van der Waals surface area (Å²) in [7, 11) is 3.96. The van der Waals surface area contributed by atoms with Crippen molar-refractivity contribution in [1.82, 2.24) is 0 Å². The largest absolute Gasteiger partial charge is 0.491 e. The number of amides is 2. The molecule has 180 valence electrons. The van der Waals surface area contributed by atoms with Gasteiger partial charge in [-0.25, -0.2) is 9.96 Å². The second kappa shape index (κ2) is 9.43. The Kier molecular flexibility index (Phi) is 6.17. The molecule has 0 unspecified atom stereocenters. The van der Waals surface area contributed by atoms with Gasteiger partial charge in [0.25, 0.3) is 5.91 Å². The van der Waals surface area contributed by atoms with E-state index in [0.717, 1.165) is 23.4 Å². The van der Waals surface area contributed by atoms with Gasteiger partial charge in [-0.2, -0.15) is 0 Å². The molecule has 0 N–H and O–H groups in total. The summed E-state index contributed by atoms with van der Waals surface area (Å²) in [6, 6.07) is 24.3. The molecule has 2 fully saturated rings. The minimum absolute atomic E-state index is 0.285. The number of ether oxygens (including phenoxy) is 1. The first-order valence-electron chi connectivity index (χ1n) is 11.9. The highest BCUT2D eigenvalue weighted by Crippen LogP contribution is 2.48. The van der Waals surface area contributed by atoms with E-state index in [-0.39, 0.29) is 11.8 Å². The molecule has 0 aromatic heterocycles. The van der Waals surface area contributed by atoms with Crippen molar-refractivity contribution < 1.29 is 19.2 Å². The molecule has 3 atom stereocenters. The number of hydrogen-bond acceptors (Lipinski definition) is 6. The normalized spacial score (nSPS) is 21.4. The molecular formula is C28H29N3O4. The second-order valence-corrected chi connectivity index (χ2v) is 8.97. The first-order chi connectivity index (χ1) is 17.0. The number of anilines is 3. The lowest BCUT2D eigenvalue weighted by Crippen LogP contribution is -2.37. The van der Waals surface area contributed by atoms with Gasteiger partial charge in [-0.3, -0.25) is 14.4 Å². The number of hydrogen-bond donors (Lipinski definition) is 0. The number of imide groups is 1. The summed E-state index contributed by atoms with van der Waals surface area (Å²) in [5, 5.41) is 1.71. The molecule has 5 rings (SSSR count). The molecule has 2 heterocycles. The van der Waals surface area contributed by atoms with Gasteiger partial charge in [0.2, 0.25) is 5.91 Å². The molecule has 3 aromatic carbocycles. The van der Waals surface area contributed by atoms with Crippen molar-refractivity contribution in [3.05, 3.63) is 84.4 Å². The lowest BCUT2D eigenvalue weighted by Gasteiger charge is -2.29. The highest BCUT2D eigenvalue weighted by molar-refractivity contribution is 6.24. The SMILES string of the molecule is CCCOc1ccccc1N1C(=O)[C@H]2[C@H](ON(c3ccccc3)[C@@H]2c2ccc(N(C)C)cc2)C1=O. The van der Waals surface area contributed by atoms with Crippen molar-refractivity contribution >= 4 is 28.9 Å². The lowest BCUT2D eigenvalue weighted by atomic mass is 9.90. The zero-order valence-electron chi connectivity index (χ0n) is 20.1. The number of benzene rings is 3. The summed E-state index contributed by atoms with van der Waals surface area (Å²) in [4.78, 5) is 37.0. The fourth-order valence-electron chi connectivity index (χ4n) is 4.74. The van der Waals surface area contributed by atoms with E-state index in [1.165, 1.54) is 4.90 Å². The maximum Gasteiger partial charge on any atom is 0.266 e. The summed E-state index contributed by atoms with van der Waals surface area (Å²) in [6.07, 6.45) is -0.0952. The van der Waals surface area contributed by atoms with Gasteiger partial charge in [-0.1, -0.05) is 49.4 Å². The van der Waals surface area contributed by atoms with E-state index >= 15 is 0 Å². The third kappa shape index (κ3) is 4.02. The molecule has 35 heavy (non-hydrogen) atoms. The van der Waals surface area contributed by atoms with Crippen LogP contribution in [0, 0.1) is 5.92 Å². The highest BCUT2D eigenvalue weighted by atomic mass is 16.7. The molecule has 2 aliphatic rings. The quantitative estimate of drug-likeness (QED) is 0.470. The van der Waals surface area contributed by atoms with Crippen LogP contribution in [0.1, 0.15) is 24.9 Å². The van der Waals surface area contributed by atoms with E-state index in [4.69, 9.17) is 9.57 Å². The molecule has 0 saturated carbocycles. The molecule has 7 heteroatoms. The van der Waals surface area contributed by atoms with Crippen LogP contribution in [0.3, 0.4) is 0 Å². The molecule has 7 nitrogen and oxygen atoms in total. The van der Waals surface area contributed by atoms with Crippen molar-refractivity contribution in [2.45, 2.75) is 25.5 Å². The summed E-state index contributed by atoms with van der Waals surface area (Å²) in [6.45, 7) is 2.51. The molecule has 0 aliphatic carbocycles. The van der Waals surface area contributed by atoms with Crippen molar-refractivity contribution in [2.75, 3.05) is 35.6 Å². The molecule has 2 amide bonds.